The van der Waals surface area contributed by atoms with Crippen molar-refractivity contribution in [3.8, 4) is 0 Å². The van der Waals surface area contributed by atoms with E-state index in [0.717, 1.165) is 39.3 Å². The average molecular weight is 242 g/mol. The molecule has 0 saturated carbocycles. The molecule has 17 heavy (non-hydrogen) atoms. The summed E-state index contributed by atoms with van der Waals surface area (Å²) in [7, 11) is 0. The molecule has 0 aliphatic carbocycles. The Balaban J connectivity index is 1.73. The summed E-state index contributed by atoms with van der Waals surface area (Å²) in [5.41, 5.74) is 6.27. The van der Waals surface area contributed by atoms with Crippen LogP contribution >= 0.6 is 0 Å². The molecule has 4 heteroatoms. The van der Waals surface area contributed by atoms with Gasteiger partial charge in [-0.05, 0) is 32.7 Å². The third-order valence-corrected chi connectivity index (χ3v) is 3.90. The Morgan fingerprint density at radius 2 is 2.35 bits per heavy atom. The Labute approximate surface area is 104 Å². The molecular formula is C13H26N2O2. The molecule has 0 aromatic rings. The van der Waals surface area contributed by atoms with Gasteiger partial charge in [-0.3, -0.25) is 4.90 Å². The number of likely N-dealkylation sites (tertiary alicyclic amines) is 1. The highest BCUT2D eigenvalue weighted by Crippen LogP contribution is 2.18. The van der Waals surface area contributed by atoms with Crippen LogP contribution in [0.4, 0.5) is 0 Å². The first-order valence-electron chi connectivity index (χ1n) is 6.97. The first-order valence-corrected chi connectivity index (χ1v) is 6.97. The Morgan fingerprint density at radius 1 is 1.47 bits per heavy atom. The zero-order valence-electron chi connectivity index (χ0n) is 10.9. The van der Waals surface area contributed by atoms with E-state index < -0.39 is 0 Å². The summed E-state index contributed by atoms with van der Waals surface area (Å²) in [6.07, 6.45) is 3.98. The molecule has 2 fully saturated rings. The minimum atomic E-state index is 0.262. The van der Waals surface area contributed by atoms with Gasteiger partial charge in [0.1, 0.15) is 0 Å². The summed E-state index contributed by atoms with van der Waals surface area (Å²) in [6, 6.07) is 0.262. The van der Waals surface area contributed by atoms with Crippen molar-refractivity contribution in [1.29, 1.82) is 0 Å². The van der Waals surface area contributed by atoms with E-state index in [0.29, 0.717) is 12.0 Å². The average Bonchev–Trinajstić information content (AvgIpc) is 2.83. The minimum absolute atomic E-state index is 0.262. The van der Waals surface area contributed by atoms with Gasteiger partial charge in [0.05, 0.1) is 12.7 Å². The SMILES string of the molecule is CCOC1CCCN(CC(N)C2CCOC2)C1. The zero-order valence-corrected chi connectivity index (χ0v) is 10.9. The normalized spacial score (nSPS) is 32.8. The van der Waals surface area contributed by atoms with E-state index in [-0.39, 0.29) is 6.04 Å². The lowest BCUT2D eigenvalue weighted by Gasteiger charge is -2.35. The fraction of sp³-hybridized carbons (Fsp3) is 1.00. The molecule has 0 bridgehead atoms. The molecule has 4 nitrogen and oxygen atoms in total. The molecule has 2 aliphatic rings. The summed E-state index contributed by atoms with van der Waals surface area (Å²) in [5.74, 6) is 0.558. The molecule has 3 atom stereocenters. The number of nitrogens with zero attached hydrogens (tertiary/aromatic N) is 1. The highest BCUT2D eigenvalue weighted by molar-refractivity contribution is 4.82. The molecule has 0 radical (unpaired) electrons. The molecule has 2 rings (SSSR count). The first kappa shape index (κ1) is 13.3. The molecule has 2 N–H and O–H groups in total. The summed E-state index contributed by atoms with van der Waals surface area (Å²) in [4.78, 5) is 2.47. The molecule has 2 aliphatic heterocycles. The van der Waals surface area contributed by atoms with Crippen LogP contribution in [0.25, 0.3) is 0 Å². The standard InChI is InChI=1S/C13H26N2O2/c1-2-17-12-4-3-6-15(8-12)9-13(14)11-5-7-16-10-11/h11-13H,2-10,14H2,1H3. The predicted octanol–water partition coefficient (Wildman–Crippen LogP) is 0.851. The van der Waals surface area contributed by atoms with Crippen LogP contribution in [0.5, 0.6) is 0 Å². The second kappa shape index (κ2) is 6.69. The van der Waals surface area contributed by atoms with E-state index in [1.165, 1.54) is 19.4 Å². The number of hydrogen-bond acceptors (Lipinski definition) is 4. The lowest BCUT2D eigenvalue weighted by atomic mass is 9.98. The molecule has 0 aromatic heterocycles. The van der Waals surface area contributed by atoms with Gasteiger partial charge in [0.25, 0.3) is 0 Å². The van der Waals surface area contributed by atoms with Gasteiger partial charge in [-0.25, -0.2) is 0 Å². The molecule has 100 valence electrons. The third-order valence-electron chi connectivity index (χ3n) is 3.90. The van der Waals surface area contributed by atoms with Gasteiger partial charge in [-0.1, -0.05) is 0 Å². The Bertz CT molecular complexity index is 217. The minimum Gasteiger partial charge on any atom is -0.381 e. The summed E-state index contributed by atoms with van der Waals surface area (Å²) in [5, 5.41) is 0. The van der Waals surface area contributed by atoms with Crippen LogP contribution in [0.1, 0.15) is 26.2 Å². The lowest BCUT2D eigenvalue weighted by Crippen LogP contribution is -2.48. The smallest absolute Gasteiger partial charge is 0.0702 e. The molecule has 2 heterocycles. The van der Waals surface area contributed by atoms with Gasteiger partial charge >= 0.3 is 0 Å². The van der Waals surface area contributed by atoms with Crippen molar-refractivity contribution in [1.82, 2.24) is 4.90 Å². The Morgan fingerprint density at radius 3 is 3.06 bits per heavy atom. The van der Waals surface area contributed by atoms with Gasteiger partial charge in [0.2, 0.25) is 0 Å². The highest BCUT2D eigenvalue weighted by Gasteiger charge is 2.27. The number of piperidine rings is 1. The van der Waals surface area contributed by atoms with Gasteiger partial charge in [0.15, 0.2) is 0 Å². The number of nitrogens with two attached hydrogens (primary N) is 1. The molecule has 0 spiro atoms. The number of ether oxygens (including phenoxy) is 2. The number of hydrogen-bond donors (Lipinski definition) is 1. The summed E-state index contributed by atoms with van der Waals surface area (Å²) < 4.78 is 11.1. The van der Waals surface area contributed by atoms with Crippen LogP contribution in [0.2, 0.25) is 0 Å². The van der Waals surface area contributed by atoms with Crippen molar-refractivity contribution >= 4 is 0 Å². The monoisotopic (exact) mass is 242 g/mol. The summed E-state index contributed by atoms with van der Waals surface area (Å²) >= 11 is 0. The van der Waals surface area contributed by atoms with Crippen molar-refractivity contribution in [3.05, 3.63) is 0 Å². The topological polar surface area (TPSA) is 47.7 Å². The van der Waals surface area contributed by atoms with Crippen LogP contribution in [-0.4, -0.2) is 56.5 Å². The van der Waals surface area contributed by atoms with Crippen molar-refractivity contribution in [3.63, 3.8) is 0 Å². The molecule has 0 aromatic carbocycles. The van der Waals surface area contributed by atoms with Crippen LogP contribution in [0.15, 0.2) is 0 Å². The Kier molecular flexibility index (Phi) is 5.22. The van der Waals surface area contributed by atoms with Gasteiger partial charge < -0.3 is 15.2 Å². The van der Waals surface area contributed by atoms with Crippen LogP contribution in [0.3, 0.4) is 0 Å². The maximum atomic E-state index is 6.27. The fourth-order valence-corrected chi connectivity index (χ4v) is 2.89. The van der Waals surface area contributed by atoms with Crippen molar-refractivity contribution in [2.24, 2.45) is 11.7 Å². The first-order chi connectivity index (χ1) is 8.29. The van der Waals surface area contributed by atoms with Crippen molar-refractivity contribution in [2.75, 3.05) is 39.5 Å². The van der Waals surface area contributed by atoms with Crippen LogP contribution in [-0.2, 0) is 9.47 Å². The highest BCUT2D eigenvalue weighted by atomic mass is 16.5. The third kappa shape index (κ3) is 3.91. The predicted molar refractivity (Wildman–Crippen MR) is 68.0 cm³/mol. The largest absolute Gasteiger partial charge is 0.381 e. The maximum absolute atomic E-state index is 6.27. The van der Waals surface area contributed by atoms with E-state index >= 15 is 0 Å². The van der Waals surface area contributed by atoms with E-state index in [4.69, 9.17) is 15.2 Å². The second-order valence-corrected chi connectivity index (χ2v) is 5.27. The van der Waals surface area contributed by atoms with Crippen molar-refractivity contribution in [2.45, 2.75) is 38.3 Å². The molecule has 0 amide bonds. The zero-order chi connectivity index (χ0) is 12.1. The molecular weight excluding hydrogens is 216 g/mol. The van der Waals surface area contributed by atoms with Gasteiger partial charge in [0, 0.05) is 38.3 Å². The maximum Gasteiger partial charge on any atom is 0.0702 e. The van der Waals surface area contributed by atoms with E-state index in [1.54, 1.807) is 0 Å². The molecule has 3 unspecified atom stereocenters. The lowest BCUT2D eigenvalue weighted by molar-refractivity contribution is 0.00288. The van der Waals surface area contributed by atoms with E-state index in [2.05, 4.69) is 11.8 Å². The Hall–Kier alpha value is -0.160. The van der Waals surface area contributed by atoms with E-state index in [9.17, 15) is 0 Å². The quantitative estimate of drug-likeness (QED) is 0.776. The van der Waals surface area contributed by atoms with Gasteiger partial charge in [-0.15, -0.1) is 0 Å². The molecule has 2 saturated heterocycles. The summed E-state index contributed by atoms with van der Waals surface area (Å²) in [6.45, 7) is 7.85. The van der Waals surface area contributed by atoms with E-state index in [1.807, 2.05) is 0 Å². The second-order valence-electron chi connectivity index (χ2n) is 5.27. The van der Waals surface area contributed by atoms with Gasteiger partial charge in [-0.2, -0.15) is 0 Å². The van der Waals surface area contributed by atoms with Crippen LogP contribution < -0.4 is 5.73 Å². The fourth-order valence-electron chi connectivity index (χ4n) is 2.89. The van der Waals surface area contributed by atoms with Crippen LogP contribution in [0, 0.1) is 5.92 Å². The number of rotatable bonds is 5. The van der Waals surface area contributed by atoms with Crippen molar-refractivity contribution < 1.29 is 9.47 Å².